The highest BCUT2D eigenvalue weighted by molar-refractivity contribution is 7.99. The number of hydrogen-bond acceptors (Lipinski definition) is 24. The lowest BCUT2D eigenvalue weighted by molar-refractivity contribution is -0.804. The van der Waals surface area contributed by atoms with E-state index in [9.17, 15) is 45.0 Å². The van der Waals surface area contributed by atoms with Crippen LogP contribution in [0, 0.1) is 0 Å². The molecule has 0 spiro atoms. The number of carboxylic acid groups (broad SMARTS) is 3. The molecule has 6 aromatic rings. The number of anilines is 3. The van der Waals surface area contributed by atoms with Crippen LogP contribution in [0.4, 0.5) is 17.1 Å². The number of carboxylic acids is 3. The molecule has 17 atom stereocenters. The molecule has 0 amide bonds. The summed E-state index contributed by atoms with van der Waals surface area (Å²) in [5.74, 6) is -1.11. The van der Waals surface area contributed by atoms with Crippen molar-refractivity contribution in [3.63, 3.8) is 0 Å². The van der Waals surface area contributed by atoms with E-state index in [1.165, 1.54) is 25.2 Å². The molecule has 4 aliphatic rings. The number of aliphatic carboxylic acids is 3. The fourth-order valence-corrected chi connectivity index (χ4v) is 13.3. The van der Waals surface area contributed by atoms with Gasteiger partial charge in [0.2, 0.25) is 0 Å². The lowest BCUT2D eigenvalue weighted by Gasteiger charge is -2.24. The number of nitrogens with two attached hydrogens (primary N) is 6. The van der Waals surface area contributed by atoms with Gasteiger partial charge in [-0.25, -0.2) is 29.9 Å². The lowest BCUT2D eigenvalue weighted by atomic mass is 10.1. The number of hydrogen-bond donors (Lipinski definition) is 15. The molecule has 33 heteroatoms. The second-order valence-corrected chi connectivity index (χ2v) is 25.4. The summed E-state index contributed by atoms with van der Waals surface area (Å²) in [5, 5.41) is 91.3. The maximum atomic E-state index is 10.9. The molecular weight excluding hydrogens is 1130 g/mol. The first kappa shape index (κ1) is 62.6. The third-order valence-electron chi connectivity index (χ3n) is 15.1. The van der Waals surface area contributed by atoms with Crippen molar-refractivity contribution in [3.05, 3.63) is 67.8 Å². The minimum Gasteiger partial charge on any atom is -0.480 e. The predicted octanol–water partition coefficient (Wildman–Crippen LogP) is -3.86. The van der Waals surface area contributed by atoms with Crippen LogP contribution in [0.1, 0.15) is 37.9 Å². The van der Waals surface area contributed by atoms with Gasteiger partial charge in [-0.05, 0) is 29.1 Å². The van der Waals surface area contributed by atoms with Crippen molar-refractivity contribution in [2.75, 3.05) is 72.6 Å². The molecule has 8 unspecified atom stereocenters. The summed E-state index contributed by atoms with van der Waals surface area (Å²) in [7, 11) is -0.648. The topological polar surface area (TPSA) is 509 Å². The Labute approximate surface area is 479 Å². The fourth-order valence-electron chi connectivity index (χ4n) is 9.94. The number of carbonyl (C=O) groups is 3. The molecule has 10 rings (SSSR count). The Morgan fingerprint density at radius 2 is 0.952 bits per heavy atom. The number of nitrogens with zero attached hydrogens (tertiary/aromatic N) is 10. The van der Waals surface area contributed by atoms with Crippen LogP contribution in [-0.2, 0) is 50.4 Å². The Morgan fingerprint density at radius 1 is 0.590 bits per heavy atom. The maximum absolute atomic E-state index is 10.9. The highest BCUT2D eigenvalue weighted by atomic mass is 32.2. The number of rotatable bonds is 22. The first-order valence-electron chi connectivity index (χ1n) is 26.4. The van der Waals surface area contributed by atoms with E-state index >= 15 is 0 Å². The molecule has 10 heterocycles. The van der Waals surface area contributed by atoms with E-state index in [1.54, 1.807) is 49.7 Å². The number of nitrogen functional groups attached to an aromatic ring is 3. The van der Waals surface area contributed by atoms with Gasteiger partial charge in [0, 0.05) is 48.7 Å². The number of imidazole rings is 3. The van der Waals surface area contributed by atoms with Gasteiger partial charge in [-0.15, -0.1) is 0 Å². The summed E-state index contributed by atoms with van der Waals surface area (Å²) >= 11 is 0. The van der Waals surface area contributed by atoms with Crippen molar-refractivity contribution in [3.8, 4) is 0 Å². The molecule has 0 aromatic carbocycles. The van der Waals surface area contributed by atoms with Crippen LogP contribution in [0.5, 0.6) is 0 Å². The van der Waals surface area contributed by atoms with Crippen molar-refractivity contribution in [1.82, 2.24) is 43.6 Å². The van der Waals surface area contributed by atoms with Crippen LogP contribution in [0.2, 0.25) is 0 Å². The molecule has 6 aromatic heterocycles. The summed E-state index contributed by atoms with van der Waals surface area (Å²) < 4.78 is 23.1. The van der Waals surface area contributed by atoms with Gasteiger partial charge in [-0.3, -0.25) is 28.1 Å². The van der Waals surface area contributed by atoms with Crippen molar-refractivity contribution in [2.45, 2.75) is 111 Å². The molecule has 0 saturated carbocycles. The number of pyridine rings is 3. The molecule has 21 N–H and O–H groups in total. The zero-order chi connectivity index (χ0) is 60.2. The van der Waals surface area contributed by atoms with E-state index in [1.807, 2.05) is 6.26 Å². The Hall–Kier alpha value is -6.41. The Morgan fingerprint density at radius 3 is 1.34 bits per heavy atom. The van der Waals surface area contributed by atoms with Crippen molar-refractivity contribution < 1.29 is 79.0 Å². The molecule has 31 nitrogen and oxygen atoms in total. The van der Waals surface area contributed by atoms with Crippen LogP contribution in [0.25, 0.3) is 33.5 Å². The molecule has 83 heavy (non-hydrogen) atoms. The van der Waals surface area contributed by atoms with Crippen LogP contribution >= 0.6 is 0 Å². The van der Waals surface area contributed by atoms with E-state index in [-0.39, 0.29) is 17.3 Å². The Bertz CT molecular complexity index is 3230. The van der Waals surface area contributed by atoms with Crippen molar-refractivity contribution in [1.29, 1.82) is 0 Å². The minimum absolute atomic E-state index is 0.225. The van der Waals surface area contributed by atoms with Crippen LogP contribution in [0.15, 0.2) is 67.8 Å². The van der Waals surface area contributed by atoms with E-state index in [0.717, 1.165) is 13.1 Å². The van der Waals surface area contributed by atoms with E-state index in [0.29, 0.717) is 104 Å². The SMILES string of the molecule is C=C[S+](CCC(N)C(=O)O)C[C@H]1O[C@@H](n2cnc3c(N)ccnc32)[C@@H](O)C1O.C[S+](CCC(N)C(=O)O)C[C@H]1O[C@@H](n2cnc3c(N)ccnc32)[C@@H](O)C1O.Nc1ccnc2c1ncn2[C@@H]1O[C@H](C[N+]2(CCC(N)C(=O)O)CC2)C(O)[C@@H]1O. The van der Waals surface area contributed by atoms with Crippen molar-refractivity contribution >= 4 is 90.3 Å². The normalized spacial score (nSPS) is 28.2. The third-order valence-corrected chi connectivity index (χ3v) is 18.9. The van der Waals surface area contributed by atoms with Crippen LogP contribution < -0.4 is 34.4 Å². The van der Waals surface area contributed by atoms with Gasteiger partial charge in [-0.2, -0.15) is 0 Å². The highest BCUT2D eigenvalue weighted by Crippen LogP contribution is 2.37. The second-order valence-electron chi connectivity index (χ2n) is 20.9. The first-order valence-corrected chi connectivity index (χ1v) is 30.0. The van der Waals surface area contributed by atoms with Crippen LogP contribution in [-0.4, -0.2) is 240 Å². The van der Waals surface area contributed by atoms with Gasteiger partial charge in [0.15, 0.2) is 35.6 Å². The zero-order valence-corrected chi connectivity index (χ0v) is 46.8. The van der Waals surface area contributed by atoms with E-state index in [2.05, 4.69) is 36.5 Å². The largest absolute Gasteiger partial charge is 0.480 e. The van der Waals surface area contributed by atoms with Gasteiger partial charge in [0.25, 0.3) is 0 Å². The molecule has 4 aliphatic heterocycles. The quantitative estimate of drug-likeness (QED) is 0.0176. The van der Waals surface area contributed by atoms with E-state index in [4.69, 9.17) is 63.9 Å². The molecule has 4 saturated heterocycles. The molecule has 452 valence electrons. The standard InChI is InChI=1S/C17H24N6O5.C17H23N5O5S.C16H23N5O5S/c18-9-1-3-20-15-12(9)21-8-22(15)16-14(25)13(24)11(28-16)7-23(5-6-23)4-2-10(19)17(26)27;1-2-28(6-4-10(19)17(25)26)7-11-13(23)14(24)16(27-11)22-8-21-12-9(18)3-5-20-15(12)22;1-27(5-3-9(18)16(24)25)6-10-12(22)13(23)15(26-10)21-7-20-11-8(17)2-4-19-14(11)21/h1,3,8,10-11,13-14,16,24-25H,2,4-7,19H2,(H2-,18,20,26,27);2-3,5,8,10-11,13-14,16,23-24H,1,4,6-7,19H2,(H2-,18,20,25,26);2,4,7,9-10,12-13,15,22-23H,3,5-6,18H2,1H3,(H2-,17,19,24,25)/p+3/t10?,11-,13?,14+,16-;10?,11-,13?,14+,16-,28?;9?,10-,12?,13+,15-,27?/m111/s1. The average Bonchev–Trinajstić information content (AvgIpc) is 4.23. The first-order chi connectivity index (χ1) is 39.4. The average molecular weight is 1200 g/mol. The highest BCUT2D eigenvalue weighted by Gasteiger charge is 2.53. The monoisotopic (exact) mass is 1200 g/mol. The van der Waals surface area contributed by atoms with Gasteiger partial charge in [0.05, 0.1) is 48.8 Å². The molecule has 0 aliphatic carbocycles. The maximum Gasteiger partial charge on any atom is 0.320 e. The van der Waals surface area contributed by atoms with Crippen LogP contribution in [0.3, 0.4) is 0 Å². The van der Waals surface area contributed by atoms with Gasteiger partial charge < -0.3 is 99.1 Å². The number of ether oxygens (including phenoxy) is 3. The summed E-state index contributed by atoms with van der Waals surface area (Å²) in [6, 6.07) is 2.14. The van der Waals surface area contributed by atoms with Gasteiger partial charge >= 0.3 is 17.9 Å². The summed E-state index contributed by atoms with van der Waals surface area (Å²) in [6.45, 7) is 6.57. The fraction of sp³-hybridized carbons (Fsp3) is 0.540. The molecule has 0 bridgehead atoms. The minimum atomic E-state index is -1.18. The van der Waals surface area contributed by atoms with E-state index < -0.39 is 121 Å². The van der Waals surface area contributed by atoms with Crippen molar-refractivity contribution in [2.24, 2.45) is 17.2 Å². The summed E-state index contributed by atoms with van der Waals surface area (Å²) in [5.41, 5.74) is 38.6. The molecule has 0 radical (unpaired) electrons. The third kappa shape index (κ3) is 14.1. The predicted molar refractivity (Wildman–Crippen MR) is 304 cm³/mol. The van der Waals surface area contributed by atoms with Gasteiger partial charge in [-0.1, -0.05) is 6.58 Å². The number of aliphatic hydroxyl groups excluding tert-OH is 6. The second kappa shape index (κ2) is 26.7. The lowest BCUT2D eigenvalue weighted by Crippen LogP contribution is -2.44. The van der Waals surface area contributed by atoms with Gasteiger partial charge in [0.1, 0.15) is 138 Å². The zero-order valence-electron chi connectivity index (χ0n) is 45.1. The molecular formula is C50H73N16O15S2+3. The smallest absolute Gasteiger partial charge is 0.320 e. The number of aromatic nitrogens is 9. The summed E-state index contributed by atoms with van der Waals surface area (Å²) in [4.78, 5) is 58.0. The number of quaternary nitrogens is 1. The Balaban J connectivity index is 0.000000163. The number of aliphatic hydroxyl groups is 6. The summed E-state index contributed by atoms with van der Waals surface area (Å²) in [6.07, 6.45) is 0.902. The Kier molecular flexibility index (Phi) is 20.1. The molecule has 4 fully saturated rings. The number of fused-ring (bicyclic) bond motifs is 3.